The lowest BCUT2D eigenvalue weighted by Gasteiger charge is -2.41. The Morgan fingerprint density at radius 3 is 2.59 bits per heavy atom. The molecule has 3 rings (SSSR count). The second-order valence-corrected chi connectivity index (χ2v) is 10.3. The first kappa shape index (κ1) is 21.5. The van der Waals surface area contributed by atoms with Gasteiger partial charge in [-0.25, -0.2) is 12.7 Å². The van der Waals surface area contributed by atoms with E-state index in [0.29, 0.717) is 37.3 Å². The lowest BCUT2D eigenvalue weighted by molar-refractivity contribution is -0.142. The number of carbonyl (C=O) groups excluding carboxylic acids is 1. The first-order valence-corrected chi connectivity index (χ1v) is 11.5. The van der Waals surface area contributed by atoms with E-state index in [2.05, 4.69) is 5.16 Å². The highest BCUT2D eigenvalue weighted by Crippen LogP contribution is 2.37. The van der Waals surface area contributed by atoms with Crippen molar-refractivity contribution in [2.45, 2.75) is 33.1 Å². The minimum Gasteiger partial charge on any atom is -0.361 e. The van der Waals surface area contributed by atoms with Crippen LogP contribution in [0.4, 0.5) is 0 Å². The topological polar surface area (TPSA) is 83.7 Å². The Kier molecular flexibility index (Phi) is 6.14. The van der Waals surface area contributed by atoms with Crippen LogP contribution in [0.1, 0.15) is 31.1 Å². The molecule has 0 saturated carbocycles. The summed E-state index contributed by atoms with van der Waals surface area (Å²) in [7, 11) is 0.0384. The average Bonchev–Trinajstić information content (AvgIpc) is 3.16. The zero-order valence-corrected chi connectivity index (χ0v) is 18.3. The predicted molar refractivity (Wildman–Crippen MR) is 112 cm³/mol. The third kappa shape index (κ3) is 4.53. The van der Waals surface area contributed by atoms with E-state index in [1.807, 2.05) is 37.3 Å². The van der Waals surface area contributed by atoms with E-state index in [-0.39, 0.29) is 18.2 Å². The first-order chi connectivity index (χ1) is 13.7. The van der Waals surface area contributed by atoms with Gasteiger partial charge in [-0.05, 0) is 26.7 Å². The lowest BCUT2D eigenvalue weighted by Crippen LogP contribution is -2.54. The molecule has 1 fully saturated rings. The fraction of sp³-hybridized carbons (Fsp3) is 0.524. The summed E-state index contributed by atoms with van der Waals surface area (Å²) in [6.07, 6.45) is 1.57. The molecule has 1 atom stereocenters. The van der Waals surface area contributed by atoms with Crippen molar-refractivity contribution in [2.75, 3.05) is 32.9 Å². The van der Waals surface area contributed by atoms with Crippen LogP contribution in [-0.4, -0.2) is 61.6 Å². The van der Waals surface area contributed by atoms with Gasteiger partial charge in [0.05, 0.1) is 11.2 Å². The van der Waals surface area contributed by atoms with Crippen molar-refractivity contribution in [1.29, 1.82) is 0 Å². The van der Waals surface area contributed by atoms with Gasteiger partial charge < -0.3 is 9.42 Å². The second kappa shape index (κ2) is 8.28. The molecular weight excluding hydrogens is 390 g/mol. The van der Waals surface area contributed by atoms with Crippen molar-refractivity contribution in [3.8, 4) is 11.3 Å². The molecule has 0 spiro atoms. The van der Waals surface area contributed by atoms with Crippen LogP contribution in [0.5, 0.6) is 0 Å². The van der Waals surface area contributed by atoms with Gasteiger partial charge in [-0.15, -0.1) is 0 Å². The molecule has 2 aromatic rings. The Labute approximate surface area is 172 Å². The quantitative estimate of drug-likeness (QED) is 0.719. The largest absolute Gasteiger partial charge is 0.361 e. The molecule has 1 aromatic carbocycles. The minimum absolute atomic E-state index is 0.0269. The molecule has 29 heavy (non-hydrogen) atoms. The molecule has 7 nitrogen and oxygen atoms in total. The number of hydrogen-bond acceptors (Lipinski definition) is 5. The van der Waals surface area contributed by atoms with E-state index in [0.717, 1.165) is 11.1 Å². The van der Waals surface area contributed by atoms with Gasteiger partial charge >= 0.3 is 0 Å². The van der Waals surface area contributed by atoms with Crippen molar-refractivity contribution in [1.82, 2.24) is 14.4 Å². The highest BCUT2D eigenvalue weighted by molar-refractivity contribution is 7.89. The van der Waals surface area contributed by atoms with E-state index >= 15 is 0 Å². The van der Waals surface area contributed by atoms with Crippen LogP contribution in [0.2, 0.25) is 0 Å². The normalized spacial score (nSPS) is 20.6. The molecule has 1 aliphatic rings. The van der Waals surface area contributed by atoms with Crippen LogP contribution in [-0.2, 0) is 21.2 Å². The summed E-state index contributed by atoms with van der Waals surface area (Å²) in [5, 5.41) is 4.17. The molecule has 2 heterocycles. The second-order valence-electron chi connectivity index (χ2n) is 8.04. The monoisotopic (exact) mass is 419 g/mol. The number of sulfonamides is 1. The van der Waals surface area contributed by atoms with Crippen molar-refractivity contribution in [2.24, 2.45) is 5.41 Å². The summed E-state index contributed by atoms with van der Waals surface area (Å²) in [4.78, 5) is 14.7. The number of aromatic nitrogens is 1. The molecular formula is C21H29N3O4S. The van der Waals surface area contributed by atoms with E-state index in [1.54, 1.807) is 25.9 Å². The molecule has 1 amide bonds. The first-order valence-electron chi connectivity index (χ1n) is 9.89. The number of carbonyl (C=O) groups is 1. The predicted octanol–water partition coefficient (Wildman–Crippen LogP) is 2.71. The van der Waals surface area contributed by atoms with Gasteiger partial charge in [-0.1, -0.05) is 35.0 Å². The average molecular weight is 420 g/mol. The third-order valence-corrected chi connectivity index (χ3v) is 7.41. The maximum atomic E-state index is 13.1. The Bertz CT molecular complexity index is 966. The molecule has 1 aliphatic heterocycles. The number of piperidine rings is 1. The van der Waals surface area contributed by atoms with Gasteiger partial charge in [0, 0.05) is 45.2 Å². The van der Waals surface area contributed by atoms with E-state index < -0.39 is 15.4 Å². The fourth-order valence-corrected chi connectivity index (χ4v) is 5.18. The lowest BCUT2D eigenvalue weighted by atomic mass is 9.75. The van der Waals surface area contributed by atoms with Crippen LogP contribution in [0.15, 0.2) is 34.9 Å². The molecule has 0 N–H and O–H groups in total. The van der Waals surface area contributed by atoms with Gasteiger partial charge in [-0.2, -0.15) is 0 Å². The molecule has 1 saturated heterocycles. The summed E-state index contributed by atoms with van der Waals surface area (Å²) in [6.45, 7) is 4.27. The molecule has 158 valence electrons. The summed E-state index contributed by atoms with van der Waals surface area (Å²) >= 11 is 0. The SMILES string of the molecule is CCS(=O)(=O)N1CCCC(Cc2cc(-c3ccc(C)cc3)no2)(C(=O)N(C)C)C1. The van der Waals surface area contributed by atoms with Crippen molar-refractivity contribution < 1.29 is 17.7 Å². The molecule has 0 aliphatic carbocycles. The summed E-state index contributed by atoms with van der Waals surface area (Å²) < 4.78 is 32.0. The van der Waals surface area contributed by atoms with Crippen LogP contribution in [0.3, 0.4) is 0 Å². The number of nitrogens with zero attached hydrogens (tertiary/aromatic N) is 3. The Balaban J connectivity index is 1.91. The van der Waals surface area contributed by atoms with E-state index in [4.69, 9.17) is 4.52 Å². The molecule has 1 unspecified atom stereocenters. The van der Waals surface area contributed by atoms with Crippen molar-refractivity contribution >= 4 is 15.9 Å². The molecule has 0 radical (unpaired) electrons. The van der Waals surface area contributed by atoms with Gasteiger partial charge in [0.2, 0.25) is 15.9 Å². The van der Waals surface area contributed by atoms with Crippen LogP contribution >= 0.6 is 0 Å². The highest BCUT2D eigenvalue weighted by Gasteiger charge is 2.46. The van der Waals surface area contributed by atoms with Crippen LogP contribution in [0, 0.1) is 12.3 Å². The number of benzene rings is 1. The standard InChI is InChI=1S/C21H29N3O4S/c1-5-29(26,27)24-12-6-11-21(15-24,20(25)23(3)4)14-18-13-19(22-28-18)17-9-7-16(2)8-10-17/h7-10,13H,5-6,11-12,14-15H2,1-4H3. The number of hydrogen-bond donors (Lipinski definition) is 0. The van der Waals surface area contributed by atoms with Gasteiger partial charge in [0.15, 0.2) is 0 Å². The van der Waals surface area contributed by atoms with Gasteiger partial charge in [-0.3, -0.25) is 4.79 Å². The number of aryl methyl sites for hydroxylation is 1. The molecule has 0 bridgehead atoms. The Hall–Kier alpha value is -2.19. The maximum Gasteiger partial charge on any atom is 0.230 e. The number of rotatable bonds is 6. The zero-order chi connectivity index (χ0) is 21.2. The maximum absolute atomic E-state index is 13.1. The Morgan fingerprint density at radius 2 is 1.97 bits per heavy atom. The van der Waals surface area contributed by atoms with E-state index in [1.165, 1.54) is 4.31 Å². The minimum atomic E-state index is -3.37. The zero-order valence-electron chi connectivity index (χ0n) is 17.5. The summed E-state index contributed by atoms with van der Waals surface area (Å²) in [6, 6.07) is 9.83. The highest BCUT2D eigenvalue weighted by atomic mass is 32.2. The Morgan fingerprint density at radius 1 is 1.28 bits per heavy atom. The number of amides is 1. The molecule has 1 aromatic heterocycles. The van der Waals surface area contributed by atoms with Crippen LogP contribution < -0.4 is 0 Å². The fourth-order valence-electron chi connectivity index (χ4n) is 3.97. The smallest absolute Gasteiger partial charge is 0.230 e. The molecule has 8 heteroatoms. The van der Waals surface area contributed by atoms with Crippen molar-refractivity contribution in [3.63, 3.8) is 0 Å². The van der Waals surface area contributed by atoms with E-state index in [9.17, 15) is 13.2 Å². The van der Waals surface area contributed by atoms with Gasteiger partial charge in [0.1, 0.15) is 11.5 Å². The summed E-state index contributed by atoms with van der Waals surface area (Å²) in [5.41, 5.74) is 1.96. The summed E-state index contributed by atoms with van der Waals surface area (Å²) in [5.74, 6) is 0.535. The third-order valence-electron chi connectivity index (χ3n) is 5.58. The van der Waals surface area contributed by atoms with Gasteiger partial charge in [0.25, 0.3) is 0 Å². The van der Waals surface area contributed by atoms with Crippen LogP contribution in [0.25, 0.3) is 11.3 Å². The van der Waals surface area contributed by atoms with Crippen molar-refractivity contribution in [3.05, 3.63) is 41.7 Å².